The molecule has 0 atom stereocenters. The van der Waals surface area contributed by atoms with Gasteiger partial charge < -0.3 is 10.0 Å². The highest BCUT2D eigenvalue weighted by Gasteiger charge is 2.37. The van der Waals surface area contributed by atoms with Crippen LogP contribution < -0.4 is 0 Å². The number of aliphatic imine (C=N–C) groups is 1. The van der Waals surface area contributed by atoms with Crippen molar-refractivity contribution in [2.24, 2.45) is 10.4 Å². The van der Waals surface area contributed by atoms with Crippen molar-refractivity contribution in [3.8, 4) is 0 Å². The Morgan fingerprint density at radius 2 is 2.27 bits per heavy atom. The van der Waals surface area contributed by atoms with Crippen LogP contribution in [0.2, 0.25) is 0 Å². The molecule has 0 amide bonds. The molecule has 82 valence electrons. The van der Waals surface area contributed by atoms with Crippen LogP contribution >= 0.6 is 11.8 Å². The zero-order valence-electron chi connectivity index (χ0n) is 9.07. The lowest BCUT2D eigenvalue weighted by Crippen LogP contribution is -2.40. The average molecular weight is 226 g/mol. The van der Waals surface area contributed by atoms with Gasteiger partial charge in [-0.05, 0) is 18.7 Å². The zero-order valence-corrected chi connectivity index (χ0v) is 9.89. The van der Waals surface area contributed by atoms with Gasteiger partial charge in [-0.3, -0.25) is 4.99 Å². The van der Waals surface area contributed by atoms with Crippen LogP contribution in [0.4, 0.5) is 0 Å². The fourth-order valence-electron chi connectivity index (χ4n) is 1.75. The summed E-state index contributed by atoms with van der Waals surface area (Å²) in [7, 11) is 0. The fourth-order valence-corrected chi connectivity index (χ4v) is 2.72. The third-order valence-electron chi connectivity index (χ3n) is 2.58. The second-order valence-electron chi connectivity index (χ2n) is 4.67. The van der Waals surface area contributed by atoms with Crippen molar-refractivity contribution in [2.45, 2.75) is 20.8 Å². The number of carboxylic acid groups (broad SMARTS) is 1. The molecule has 0 saturated carbocycles. The van der Waals surface area contributed by atoms with E-state index in [1.807, 2.05) is 11.8 Å². The summed E-state index contributed by atoms with van der Waals surface area (Å²) in [6.07, 6.45) is 0. The molecule has 2 aliphatic heterocycles. The third kappa shape index (κ3) is 1.76. The highest BCUT2D eigenvalue weighted by molar-refractivity contribution is 8.18. The normalized spacial score (nSPS) is 23.9. The van der Waals surface area contributed by atoms with E-state index in [0.717, 1.165) is 24.0 Å². The van der Waals surface area contributed by atoms with E-state index in [0.29, 0.717) is 4.91 Å². The summed E-state index contributed by atoms with van der Waals surface area (Å²) in [5.74, 6) is -0.854. The number of aliphatic carboxylic acids is 1. The van der Waals surface area contributed by atoms with E-state index in [1.165, 1.54) is 11.8 Å². The molecule has 0 radical (unpaired) electrons. The molecule has 2 heterocycles. The molecule has 0 saturated heterocycles. The summed E-state index contributed by atoms with van der Waals surface area (Å²) in [6, 6.07) is 0. The Balaban J connectivity index is 2.33. The number of fused-ring (bicyclic) bond motifs is 1. The lowest BCUT2D eigenvalue weighted by molar-refractivity contribution is -0.131. The van der Waals surface area contributed by atoms with E-state index < -0.39 is 5.97 Å². The van der Waals surface area contributed by atoms with E-state index in [1.54, 1.807) is 0 Å². The Kier molecular flexibility index (Phi) is 2.30. The van der Waals surface area contributed by atoms with E-state index in [9.17, 15) is 4.79 Å². The van der Waals surface area contributed by atoms with Crippen molar-refractivity contribution in [1.82, 2.24) is 4.90 Å². The van der Waals surface area contributed by atoms with Crippen molar-refractivity contribution < 1.29 is 9.90 Å². The molecule has 0 aliphatic carbocycles. The first kappa shape index (κ1) is 10.5. The molecule has 4 nitrogen and oxygen atoms in total. The number of allylic oxidation sites excluding steroid dienone is 1. The van der Waals surface area contributed by atoms with Crippen molar-refractivity contribution in [3.63, 3.8) is 0 Å². The summed E-state index contributed by atoms with van der Waals surface area (Å²) in [5.41, 5.74) is 0.943. The third-order valence-corrected chi connectivity index (χ3v) is 3.79. The molecule has 0 unspecified atom stereocenters. The monoisotopic (exact) mass is 226 g/mol. The van der Waals surface area contributed by atoms with Crippen LogP contribution in [0.15, 0.2) is 15.6 Å². The Bertz CT molecular complexity index is 385. The van der Waals surface area contributed by atoms with Gasteiger partial charge in [0, 0.05) is 24.2 Å². The molecular formula is C10H14N2O2S. The van der Waals surface area contributed by atoms with Crippen LogP contribution in [-0.4, -0.2) is 34.2 Å². The van der Waals surface area contributed by atoms with Gasteiger partial charge in [-0.2, -0.15) is 0 Å². The number of hydrogen-bond acceptors (Lipinski definition) is 4. The van der Waals surface area contributed by atoms with E-state index in [-0.39, 0.29) is 5.41 Å². The van der Waals surface area contributed by atoms with Gasteiger partial charge in [0.2, 0.25) is 0 Å². The van der Waals surface area contributed by atoms with Gasteiger partial charge in [0.05, 0.1) is 0 Å². The summed E-state index contributed by atoms with van der Waals surface area (Å²) in [4.78, 5) is 17.8. The highest BCUT2D eigenvalue weighted by atomic mass is 32.2. The quantitative estimate of drug-likeness (QED) is 0.740. The van der Waals surface area contributed by atoms with Crippen molar-refractivity contribution in [1.29, 1.82) is 0 Å². The Hall–Kier alpha value is -0.970. The lowest BCUT2D eigenvalue weighted by atomic mass is 9.92. The second kappa shape index (κ2) is 3.27. The lowest BCUT2D eigenvalue weighted by Gasteiger charge is -2.35. The number of nitrogens with zero attached hydrogens (tertiary/aromatic N) is 2. The molecule has 15 heavy (non-hydrogen) atoms. The van der Waals surface area contributed by atoms with Gasteiger partial charge >= 0.3 is 5.97 Å². The molecule has 0 bridgehead atoms. The second-order valence-corrected chi connectivity index (χ2v) is 5.65. The van der Waals surface area contributed by atoms with Crippen molar-refractivity contribution in [2.75, 3.05) is 13.1 Å². The average Bonchev–Trinajstić information content (AvgIpc) is 2.42. The Morgan fingerprint density at radius 1 is 1.60 bits per heavy atom. The minimum atomic E-state index is -0.854. The minimum Gasteiger partial charge on any atom is -0.477 e. The molecule has 0 spiro atoms. The maximum absolute atomic E-state index is 11.0. The first-order chi connectivity index (χ1) is 6.91. The topological polar surface area (TPSA) is 52.9 Å². The fraction of sp³-hybridized carbons (Fsp3) is 0.600. The van der Waals surface area contributed by atoms with E-state index >= 15 is 0 Å². The Morgan fingerprint density at radius 3 is 2.87 bits per heavy atom. The van der Waals surface area contributed by atoms with Gasteiger partial charge in [-0.1, -0.05) is 13.8 Å². The number of amidine groups is 1. The summed E-state index contributed by atoms with van der Waals surface area (Å²) < 4.78 is 0. The van der Waals surface area contributed by atoms with Gasteiger partial charge in [-0.25, -0.2) is 4.79 Å². The summed E-state index contributed by atoms with van der Waals surface area (Å²) >= 11 is 1.27. The number of rotatable bonds is 1. The van der Waals surface area contributed by atoms with Gasteiger partial charge in [-0.15, -0.1) is 0 Å². The van der Waals surface area contributed by atoms with Crippen molar-refractivity contribution in [3.05, 3.63) is 10.6 Å². The molecule has 5 heteroatoms. The maximum atomic E-state index is 11.0. The number of carboxylic acids is 1. The smallest absolute Gasteiger partial charge is 0.344 e. The number of thioether (sulfide) groups is 1. The van der Waals surface area contributed by atoms with E-state index in [4.69, 9.17) is 5.11 Å². The van der Waals surface area contributed by atoms with Gasteiger partial charge in [0.15, 0.2) is 5.17 Å². The molecule has 2 aliphatic rings. The van der Waals surface area contributed by atoms with Crippen molar-refractivity contribution >= 4 is 22.9 Å². The first-order valence-electron chi connectivity index (χ1n) is 4.85. The molecule has 0 aromatic carbocycles. The summed E-state index contributed by atoms with van der Waals surface area (Å²) in [5, 5.41) is 9.84. The largest absolute Gasteiger partial charge is 0.477 e. The van der Waals surface area contributed by atoms with Gasteiger partial charge in [0.25, 0.3) is 0 Å². The molecule has 1 N–H and O–H groups in total. The maximum Gasteiger partial charge on any atom is 0.344 e. The number of carbonyl (C=O) groups is 1. The summed E-state index contributed by atoms with van der Waals surface area (Å²) in [6.45, 7) is 7.75. The predicted octanol–water partition coefficient (Wildman–Crippen LogP) is 1.75. The van der Waals surface area contributed by atoms with Gasteiger partial charge in [0.1, 0.15) is 4.91 Å². The predicted molar refractivity (Wildman–Crippen MR) is 60.7 cm³/mol. The standard InChI is InChI=1S/C10H14N2O2S/c1-6-7(8(13)14)15-9-11-4-10(2,3)5-12(6)9/h4-5H2,1-3H3,(H,13,14). The van der Waals surface area contributed by atoms with Crippen LogP contribution in [0, 0.1) is 5.41 Å². The molecule has 0 fully saturated rings. The van der Waals surface area contributed by atoms with Crippen LogP contribution in [0.1, 0.15) is 20.8 Å². The molecule has 0 aromatic heterocycles. The number of hydrogen-bond donors (Lipinski definition) is 1. The van der Waals surface area contributed by atoms with Crippen LogP contribution in [0.3, 0.4) is 0 Å². The highest BCUT2D eigenvalue weighted by Crippen LogP contribution is 2.39. The molecule has 2 rings (SSSR count). The van der Waals surface area contributed by atoms with Crippen LogP contribution in [0.25, 0.3) is 0 Å². The first-order valence-corrected chi connectivity index (χ1v) is 5.66. The minimum absolute atomic E-state index is 0.124. The Labute approximate surface area is 93.1 Å². The zero-order chi connectivity index (χ0) is 11.2. The molecular weight excluding hydrogens is 212 g/mol. The SMILES string of the molecule is CC1=C(C(=O)O)SC2=NCC(C)(C)CN21. The van der Waals surface area contributed by atoms with Crippen LogP contribution in [0.5, 0.6) is 0 Å². The van der Waals surface area contributed by atoms with Crippen LogP contribution in [-0.2, 0) is 4.79 Å². The molecule has 0 aromatic rings. The van der Waals surface area contributed by atoms with E-state index in [2.05, 4.69) is 18.8 Å².